The fraction of sp³-hybridized carbons (Fsp3) is 0.0789. The number of carbonyl (C=O) groups excluding carboxylic acids is 3. The van der Waals surface area contributed by atoms with Crippen molar-refractivity contribution < 1.29 is 14.4 Å². The van der Waals surface area contributed by atoms with Crippen molar-refractivity contribution in [2.75, 3.05) is 0 Å². The summed E-state index contributed by atoms with van der Waals surface area (Å²) >= 11 is 0. The summed E-state index contributed by atoms with van der Waals surface area (Å²) in [5.41, 5.74) is 5.09. The Morgan fingerprint density at radius 2 is 1.00 bits per heavy atom. The monoisotopic (exact) mass is 532 g/mol. The van der Waals surface area contributed by atoms with E-state index in [1.165, 1.54) is 0 Å². The first kappa shape index (κ1) is 26.1. The number of Topliss-reactive ketones (excluding diaryl/α,β-unsaturated/α-hetero) is 3. The quantitative estimate of drug-likeness (QED) is 0.151. The smallest absolute Gasteiger partial charge is 0.229 e. The summed E-state index contributed by atoms with van der Waals surface area (Å²) in [4.78, 5) is 42.8. The molecule has 6 rings (SSSR count). The van der Waals surface area contributed by atoms with Gasteiger partial charge in [-0.1, -0.05) is 152 Å². The molecule has 0 saturated carbocycles. The molecule has 0 aromatic heterocycles. The largest absolute Gasteiger partial charge is 0.294 e. The van der Waals surface area contributed by atoms with Crippen molar-refractivity contribution in [3.63, 3.8) is 0 Å². The van der Waals surface area contributed by atoms with Gasteiger partial charge in [-0.3, -0.25) is 14.4 Å². The molecule has 0 aliphatic heterocycles. The van der Waals surface area contributed by atoms with Crippen LogP contribution < -0.4 is 0 Å². The molecule has 1 aliphatic rings. The summed E-state index contributed by atoms with van der Waals surface area (Å²) in [5, 5.41) is 0. The summed E-state index contributed by atoms with van der Waals surface area (Å²) in [6, 6.07) is 47.3. The van der Waals surface area contributed by atoms with E-state index < -0.39 is 29.3 Å². The first-order valence-electron chi connectivity index (χ1n) is 13.8. The van der Waals surface area contributed by atoms with E-state index in [0.717, 1.165) is 22.3 Å². The topological polar surface area (TPSA) is 51.2 Å². The number of ketones is 3. The number of benzene rings is 5. The number of hydrogen-bond acceptors (Lipinski definition) is 3. The lowest BCUT2D eigenvalue weighted by Gasteiger charge is -2.29. The minimum atomic E-state index is -0.971. The molecule has 0 spiro atoms. The van der Waals surface area contributed by atoms with Crippen LogP contribution in [0.2, 0.25) is 0 Å². The molecule has 0 saturated heterocycles. The summed E-state index contributed by atoms with van der Waals surface area (Å²) in [5.74, 6) is -3.53. The van der Waals surface area contributed by atoms with E-state index in [2.05, 4.69) is 0 Å². The van der Waals surface area contributed by atoms with E-state index in [0.29, 0.717) is 16.7 Å². The lowest BCUT2D eigenvalue weighted by molar-refractivity contribution is -0.124. The molecule has 0 N–H and O–H groups in total. The van der Waals surface area contributed by atoms with Crippen molar-refractivity contribution in [2.45, 2.75) is 11.8 Å². The van der Waals surface area contributed by atoms with Gasteiger partial charge in [0, 0.05) is 23.0 Å². The first-order chi connectivity index (χ1) is 20.1. The normalized spacial score (nSPS) is 17.3. The van der Waals surface area contributed by atoms with Crippen LogP contribution in [0.5, 0.6) is 0 Å². The molecule has 5 aromatic rings. The average Bonchev–Trinajstić information content (AvgIpc) is 3.35. The molecule has 5 aromatic carbocycles. The number of carbonyl (C=O) groups is 3. The van der Waals surface area contributed by atoms with E-state index >= 15 is 0 Å². The van der Waals surface area contributed by atoms with Crippen LogP contribution in [0, 0.1) is 5.92 Å². The predicted octanol–water partition coefficient (Wildman–Crippen LogP) is 7.82. The molecule has 3 atom stereocenters. The second kappa shape index (κ2) is 11.5. The Kier molecular flexibility index (Phi) is 7.34. The van der Waals surface area contributed by atoms with Gasteiger partial charge in [0.1, 0.15) is 0 Å². The minimum Gasteiger partial charge on any atom is -0.294 e. The highest BCUT2D eigenvalue weighted by atomic mass is 16.2. The highest BCUT2D eigenvalue weighted by Gasteiger charge is 2.50. The van der Waals surface area contributed by atoms with E-state index in [1.807, 2.05) is 127 Å². The maximum atomic E-state index is 14.8. The van der Waals surface area contributed by atoms with Gasteiger partial charge in [0.2, 0.25) is 11.6 Å². The summed E-state index contributed by atoms with van der Waals surface area (Å²) < 4.78 is 0. The van der Waals surface area contributed by atoms with Crippen LogP contribution in [0.25, 0.3) is 11.1 Å². The molecule has 198 valence electrons. The third kappa shape index (κ3) is 4.99. The molecular formula is C38H28O3. The van der Waals surface area contributed by atoms with Crippen molar-refractivity contribution in [2.24, 2.45) is 5.92 Å². The molecule has 0 fully saturated rings. The van der Waals surface area contributed by atoms with Crippen molar-refractivity contribution in [3.05, 3.63) is 179 Å². The highest BCUT2D eigenvalue weighted by Crippen LogP contribution is 2.54. The maximum Gasteiger partial charge on any atom is 0.229 e. The van der Waals surface area contributed by atoms with E-state index in [-0.39, 0.29) is 5.78 Å². The minimum absolute atomic E-state index is 0.132. The van der Waals surface area contributed by atoms with Crippen LogP contribution in [0.15, 0.2) is 152 Å². The third-order valence-corrected chi connectivity index (χ3v) is 7.85. The molecule has 0 unspecified atom stereocenters. The summed E-state index contributed by atoms with van der Waals surface area (Å²) in [7, 11) is 0. The van der Waals surface area contributed by atoms with Crippen LogP contribution in [0.3, 0.4) is 0 Å². The van der Waals surface area contributed by atoms with Gasteiger partial charge in [0.05, 0.1) is 5.92 Å². The number of rotatable bonds is 8. The van der Waals surface area contributed by atoms with E-state index in [4.69, 9.17) is 0 Å². The molecule has 3 heteroatoms. The highest BCUT2D eigenvalue weighted by molar-refractivity contribution is 6.46. The molecule has 0 radical (unpaired) electrons. The van der Waals surface area contributed by atoms with Crippen molar-refractivity contribution in [3.8, 4) is 0 Å². The maximum absolute atomic E-state index is 14.8. The molecule has 3 nitrogen and oxygen atoms in total. The first-order valence-corrected chi connectivity index (χ1v) is 13.8. The zero-order valence-corrected chi connectivity index (χ0v) is 22.4. The Labute approximate surface area is 239 Å². The van der Waals surface area contributed by atoms with Crippen molar-refractivity contribution >= 4 is 28.5 Å². The third-order valence-electron chi connectivity index (χ3n) is 7.85. The molecule has 0 bridgehead atoms. The second-order valence-electron chi connectivity index (χ2n) is 10.2. The molecule has 0 heterocycles. The van der Waals surface area contributed by atoms with Gasteiger partial charge in [-0.25, -0.2) is 0 Å². The fourth-order valence-corrected chi connectivity index (χ4v) is 6.06. The van der Waals surface area contributed by atoms with Gasteiger partial charge >= 0.3 is 0 Å². The van der Waals surface area contributed by atoms with Gasteiger partial charge in [-0.05, 0) is 27.8 Å². The van der Waals surface area contributed by atoms with Gasteiger partial charge in [0.15, 0.2) is 5.78 Å². The van der Waals surface area contributed by atoms with Crippen molar-refractivity contribution in [1.82, 2.24) is 0 Å². The number of hydrogen-bond donors (Lipinski definition) is 0. The van der Waals surface area contributed by atoms with Gasteiger partial charge in [0.25, 0.3) is 0 Å². The molecule has 0 amide bonds. The van der Waals surface area contributed by atoms with Gasteiger partial charge in [-0.15, -0.1) is 0 Å². The summed E-state index contributed by atoms with van der Waals surface area (Å²) in [6.45, 7) is 0. The van der Waals surface area contributed by atoms with E-state index in [1.54, 1.807) is 24.3 Å². The predicted molar refractivity (Wildman–Crippen MR) is 162 cm³/mol. The molecular weight excluding hydrogens is 504 g/mol. The Balaban J connectivity index is 1.61. The van der Waals surface area contributed by atoms with Gasteiger partial charge in [-0.2, -0.15) is 0 Å². The zero-order chi connectivity index (χ0) is 28.2. The zero-order valence-electron chi connectivity index (χ0n) is 22.4. The SMILES string of the molecule is O=C(C(=O)[C@H](c1ccccc1)[C@H]1C(=O)C(c2ccccc2)=C(c2ccccc2)[C@H]1c1ccccc1)c1ccccc1. The van der Waals surface area contributed by atoms with Crippen molar-refractivity contribution in [1.29, 1.82) is 0 Å². The number of allylic oxidation sites excluding steroid dienone is 2. The van der Waals surface area contributed by atoms with E-state index in [9.17, 15) is 14.4 Å². The Bertz CT molecular complexity index is 1710. The summed E-state index contributed by atoms with van der Waals surface area (Å²) in [6.07, 6.45) is 0. The van der Waals surface area contributed by atoms with Crippen LogP contribution in [0.4, 0.5) is 0 Å². The van der Waals surface area contributed by atoms with Crippen LogP contribution in [-0.2, 0) is 9.59 Å². The fourth-order valence-electron chi connectivity index (χ4n) is 6.06. The Hall–Kier alpha value is -5.15. The standard InChI is InChI=1S/C38H28O3/c39-36(30-24-14-5-15-25-30)38(41)34(29-22-12-4-13-23-29)35-32(27-18-8-2-9-19-27)31(26-16-6-1-7-17-26)33(37(35)40)28-20-10-3-11-21-28/h1-25,32,34-35H/t32-,34-,35+/m1/s1. The average molecular weight is 533 g/mol. The van der Waals surface area contributed by atoms with Crippen LogP contribution in [0.1, 0.15) is 44.4 Å². The van der Waals surface area contributed by atoms with Crippen LogP contribution >= 0.6 is 0 Å². The second-order valence-corrected chi connectivity index (χ2v) is 10.2. The van der Waals surface area contributed by atoms with Crippen LogP contribution in [-0.4, -0.2) is 17.3 Å². The molecule has 41 heavy (non-hydrogen) atoms. The lowest BCUT2D eigenvalue weighted by Crippen LogP contribution is -2.34. The molecule has 1 aliphatic carbocycles. The lowest BCUT2D eigenvalue weighted by atomic mass is 9.71. The van der Waals surface area contributed by atoms with Gasteiger partial charge < -0.3 is 0 Å². The Morgan fingerprint density at radius 3 is 1.56 bits per heavy atom. The Morgan fingerprint density at radius 1 is 0.537 bits per heavy atom.